The Balaban J connectivity index is 1.49. The van der Waals surface area contributed by atoms with Crippen molar-refractivity contribution in [1.29, 1.82) is 0 Å². The Kier molecular flexibility index (Phi) is 5.59. The minimum Gasteiger partial charge on any atom is -0.456 e. The van der Waals surface area contributed by atoms with E-state index in [4.69, 9.17) is 8.83 Å². The molecule has 0 aliphatic rings. The molecular formula is C40H33NO4. The highest BCUT2D eigenvalue weighted by atomic mass is 16.3. The fraction of sp³-hybridized carbons (Fsp3) is 0.200. The Labute approximate surface area is 259 Å². The van der Waals surface area contributed by atoms with Crippen LogP contribution >= 0.6 is 0 Å². The molecule has 0 unspecified atom stereocenters. The summed E-state index contributed by atoms with van der Waals surface area (Å²) in [4.78, 5) is 27.9. The number of aromatic nitrogens is 1. The van der Waals surface area contributed by atoms with Crippen LogP contribution in [0.3, 0.4) is 0 Å². The number of hydrogen-bond acceptors (Lipinski definition) is 4. The SMILES string of the molecule is CC(C)(C)c1ccc2c(c1)c1cc(C(C)(C)C)ccc1n2-c1cccc2oc3cc4oc5ccccc5c(=O)c4cc3c(=O)c12. The second kappa shape index (κ2) is 9.18. The summed E-state index contributed by atoms with van der Waals surface area (Å²) in [5.74, 6) is 0. The molecule has 0 fully saturated rings. The molecule has 0 saturated heterocycles. The maximum absolute atomic E-state index is 14.5. The molecule has 222 valence electrons. The topological polar surface area (TPSA) is 65.3 Å². The number of para-hydroxylation sites is 1. The van der Waals surface area contributed by atoms with Crippen molar-refractivity contribution in [3.63, 3.8) is 0 Å². The van der Waals surface area contributed by atoms with E-state index in [1.54, 1.807) is 30.3 Å². The zero-order valence-electron chi connectivity index (χ0n) is 26.2. The first kappa shape index (κ1) is 27.4. The molecule has 5 nitrogen and oxygen atoms in total. The Morgan fingerprint density at radius 1 is 0.489 bits per heavy atom. The molecule has 0 radical (unpaired) electrons. The Morgan fingerprint density at radius 3 is 1.67 bits per heavy atom. The van der Waals surface area contributed by atoms with Crippen molar-refractivity contribution in [3.8, 4) is 5.69 Å². The minimum atomic E-state index is -0.191. The van der Waals surface area contributed by atoms with Gasteiger partial charge in [-0.25, -0.2) is 0 Å². The lowest BCUT2D eigenvalue weighted by molar-refractivity contribution is 0.590. The van der Waals surface area contributed by atoms with Gasteiger partial charge in [0, 0.05) is 16.8 Å². The van der Waals surface area contributed by atoms with Crippen LogP contribution in [0.15, 0.2) is 109 Å². The monoisotopic (exact) mass is 591 g/mol. The molecule has 0 bridgehead atoms. The highest BCUT2D eigenvalue weighted by Gasteiger charge is 2.23. The molecule has 0 atom stereocenters. The van der Waals surface area contributed by atoms with Gasteiger partial charge in [-0.2, -0.15) is 0 Å². The smallest absolute Gasteiger partial charge is 0.202 e. The van der Waals surface area contributed by atoms with Gasteiger partial charge < -0.3 is 13.4 Å². The first-order valence-corrected chi connectivity index (χ1v) is 15.3. The number of rotatable bonds is 1. The number of fused-ring (bicyclic) bond motifs is 7. The number of nitrogens with zero attached hydrogens (tertiary/aromatic N) is 1. The van der Waals surface area contributed by atoms with Gasteiger partial charge in [-0.15, -0.1) is 0 Å². The molecule has 3 heterocycles. The fourth-order valence-electron chi connectivity index (χ4n) is 6.58. The van der Waals surface area contributed by atoms with E-state index in [0.29, 0.717) is 43.9 Å². The lowest BCUT2D eigenvalue weighted by Gasteiger charge is -2.19. The molecule has 3 aromatic heterocycles. The highest BCUT2D eigenvalue weighted by Crippen LogP contribution is 2.39. The van der Waals surface area contributed by atoms with Crippen LogP contribution < -0.4 is 10.9 Å². The number of hydrogen-bond donors (Lipinski definition) is 0. The van der Waals surface area contributed by atoms with E-state index in [2.05, 4.69) is 82.5 Å². The van der Waals surface area contributed by atoms with E-state index >= 15 is 0 Å². The normalized spacial score (nSPS) is 12.8. The van der Waals surface area contributed by atoms with Crippen molar-refractivity contribution in [2.24, 2.45) is 0 Å². The Bertz CT molecular complexity index is 2580. The van der Waals surface area contributed by atoms with Crippen LogP contribution in [0.2, 0.25) is 0 Å². The van der Waals surface area contributed by atoms with E-state index in [1.165, 1.54) is 11.1 Å². The van der Waals surface area contributed by atoms with Crippen LogP contribution in [0.5, 0.6) is 0 Å². The summed E-state index contributed by atoms with van der Waals surface area (Å²) in [5.41, 5.74) is 6.58. The van der Waals surface area contributed by atoms with Gasteiger partial charge in [0.15, 0.2) is 0 Å². The Hall–Kier alpha value is -5.16. The maximum Gasteiger partial charge on any atom is 0.202 e. The van der Waals surface area contributed by atoms with Gasteiger partial charge in [-0.3, -0.25) is 9.59 Å². The molecule has 8 aromatic rings. The minimum absolute atomic E-state index is 0.0233. The summed E-state index contributed by atoms with van der Waals surface area (Å²) in [6, 6.07) is 29.4. The molecule has 0 aliphatic carbocycles. The molecule has 45 heavy (non-hydrogen) atoms. The largest absolute Gasteiger partial charge is 0.456 e. The zero-order chi connectivity index (χ0) is 31.4. The third kappa shape index (κ3) is 4.07. The van der Waals surface area contributed by atoms with Gasteiger partial charge in [-0.1, -0.05) is 71.9 Å². The van der Waals surface area contributed by atoms with E-state index in [9.17, 15) is 9.59 Å². The standard InChI is InChI=1S/C40H33NO4/c1-39(2,3)22-14-16-29-25(18-22)26-19-23(40(4,5)6)15-17-30(26)41(29)31-11-9-13-33-36(31)38(43)28-20-27-34(21-35(28)45-33)44-32-12-8-7-10-24(32)37(27)42/h7-21H,1-6H3. The molecule has 0 aliphatic heterocycles. The van der Waals surface area contributed by atoms with E-state index in [1.807, 2.05) is 24.3 Å². The molecular weight excluding hydrogens is 558 g/mol. The van der Waals surface area contributed by atoms with Gasteiger partial charge in [0.05, 0.1) is 38.3 Å². The van der Waals surface area contributed by atoms with Gasteiger partial charge >= 0.3 is 0 Å². The highest BCUT2D eigenvalue weighted by molar-refractivity contribution is 6.11. The average Bonchev–Trinajstić information content (AvgIpc) is 3.32. The quantitative estimate of drug-likeness (QED) is 0.178. The fourth-order valence-corrected chi connectivity index (χ4v) is 6.58. The maximum atomic E-state index is 14.5. The molecule has 5 heteroatoms. The van der Waals surface area contributed by atoms with Crippen LogP contribution in [0.1, 0.15) is 52.7 Å². The third-order valence-corrected chi connectivity index (χ3v) is 9.11. The second-order valence-corrected chi connectivity index (χ2v) is 14.2. The van der Waals surface area contributed by atoms with Crippen molar-refractivity contribution >= 4 is 65.7 Å². The second-order valence-electron chi connectivity index (χ2n) is 14.2. The summed E-state index contributed by atoms with van der Waals surface area (Å²) in [6.07, 6.45) is 0. The molecule has 5 aromatic carbocycles. The van der Waals surface area contributed by atoms with Gasteiger partial charge in [-0.05, 0) is 76.6 Å². The molecule has 0 spiro atoms. The van der Waals surface area contributed by atoms with Crippen LogP contribution in [0, 0.1) is 0 Å². The van der Waals surface area contributed by atoms with Crippen molar-refractivity contribution in [3.05, 3.63) is 123 Å². The van der Waals surface area contributed by atoms with E-state index in [0.717, 1.165) is 27.5 Å². The molecule has 8 rings (SSSR count). The van der Waals surface area contributed by atoms with Crippen LogP contribution in [0.25, 0.3) is 71.4 Å². The summed E-state index contributed by atoms with van der Waals surface area (Å²) < 4.78 is 14.6. The lowest BCUT2D eigenvalue weighted by Crippen LogP contribution is -2.10. The summed E-state index contributed by atoms with van der Waals surface area (Å²) in [6.45, 7) is 13.3. The summed E-state index contributed by atoms with van der Waals surface area (Å²) in [7, 11) is 0. The van der Waals surface area contributed by atoms with Crippen LogP contribution in [-0.4, -0.2) is 4.57 Å². The van der Waals surface area contributed by atoms with Crippen molar-refractivity contribution in [2.45, 2.75) is 52.4 Å². The van der Waals surface area contributed by atoms with Crippen LogP contribution in [0.4, 0.5) is 0 Å². The van der Waals surface area contributed by atoms with E-state index < -0.39 is 0 Å². The van der Waals surface area contributed by atoms with Crippen molar-refractivity contribution in [1.82, 2.24) is 4.57 Å². The van der Waals surface area contributed by atoms with Crippen molar-refractivity contribution in [2.75, 3.05) is 0 Å². The van der Waals surface area contributed by atoms with Gasteiger partial charge in [0.1, 0.15) is 22.3 Å². The predicted molar refractivity (Wildman–Crippen MR) is 185 cm³/mol. The third-order valence-electron chi connectivity index (χ3n) is 9.11. The van der Waals surface area contributed by atoms with Gasteiger partial charge in [0.2, 0.25) is 10.9 Å². The lowest BCUT2D eigenvalue weighted by atomic mass is 9.85. The van der Waals surface area contributed by atoms with Crippen molar-refractivity contribution < 1.29 is 8.83 Å². The molecule has 0 amide bonds. The van der Waals surface area contributed by atoms with Crippen LogP contribution in [-0.2, 0) is 10.8 Å². The first-order valence-electron chi connectivity index (χ1n) is 15.3. The first-order chi connectivity index (χ1) is 21.4. The Morgan fingerprint density at radius 2 is 1.04 bits per heavy atom. The number of benzene rings is 5. The van der Waals surface area contributed by atoms with E-state index in [-0.39, 0.29) is 21.7 Å². The average molecular weight is 592 g/mol. The summed E-state index contributed by atoms with van der Waals surface area (Å²) >= 11 is 0. The zero-order valence-corrected chi connectivity index (χ0v) is 26.2. The molecule has 0 saturated carbocycles. The molecule has 0 N–H and O–H groups in total. The predicted octanol–water partition coefficient (Wildman–Crippen LogP) is 9.90. The summed E-state index contributed by atoms with van der Waals surface area (Å²) in [5, 5.41) is 3.92. The van der Waals surface area contributed by atoms with Gasteiger partial charge in [0.25, 0.3) is 0 Å².